The highest BCUT2D eigenvalue weighted by atomic mass is 16.6. The Morgan fingerprint density at radius 3 is 2.67 bits per heavy atom. The summed E-state index contributed by atoms with van der Waals surface area (Å²) < 4.78 is 0. The van der Waals surface area contributed by atoms with Gasteiger partial charge in [0.1, 0.15) is 12.0 Å². The summed E-state index contributed by atoms with van der Waals surface area (Å²) in [4.78, 5) is 17.6. The molecule has 0 spiro atoms. The molecule has 7 nitrogen and oxygen atoms in total. The van der Waals surface area contributed by atoms with E-state index < -0.39 is 4.92 Å². The van der Waals surface area contributed by atoms with Gasteiger partial charge >= 0.3 is 0 Å². The average Bonchev–Trinajstić information content (AvgIpc) is 2.40. The highest BCUT2D eigenvalue weighted by molar-refractivity contribution is 5.79. The lowest BCUT2D eigenvalue weighted by atomic mass is 10.3. The second kappa shape index (κ2) is 5.48. The van der Waals surface area contributed by atoms with Gasteiger partial charge in [-0.3, -0.25) is 20.5 Å². The average molecular weight is 243 g/mol. The zero-order valence-electron chi connectivity index (χ0n) is 9.22. The summed E-state index contributed by atoms with van der Waals surface area (Å²) in [6.07, 6.45) is 6.09. The van der Waals surface area contributed by atoms with Crippen molar-refractivity contribution in [1.82, 2.24) is 9.97 Å². The van der Waals surface area contributed by atoms with E-state index in [0.29, 0.717) is 5.82 Å². The van der Waals surface area contributed by atoms with Crippen LogP contribution in [0.3, 0.4) is 0 Å². The van der Waals surface area contributed by atoms with Gasteiger partial charge < -0.3 is 0 Å². The lowest BCUT2D eigenvalue weighted by Crippen LogP contribution is -1.95. The van der Waals surface area contributed by atoms with Crippen molar-refractivity contribution < 1.29 is 4.92 Å². The van der Waals surface area contributed by atoms with Crippen LogP contribution in [0.1, 0.15) is 5.56 Å². The molecule has 0 unspecified atom stereocenters. The molecule has 0 fully saturated rings. The third kappa shape index (κ3) is 3.08. The first-order chi connectivity index (χ1) is 8.75. The van der Waals surface area contributed by atoms with Gasteiger partial charge in [-0.2, -0.15) is 5.10 Å². The Balaban J connectivity index is 1.98. The summed E-state index contributed by atoms with van der Waals surface area (Å²) >= 11 is 0. The Hall–Kier alpha value is -2.83. The van der Waals surface area contributed by atoms with Gasteiger partial charge in [-0.05, 0) is 23.8 Å². The molecular weight excluding hydrogens is 234 g/mol. The minimum atomic E-state index is -0.503. The minimum Gasteiger partial charge on any atom is -0.265 e. The minimum absolute atomic E-state index is 0.0568. The quantitative estimate of drug-likeness (QED) is 0.502. The molecule has 18 heavy (non-hydrogen) atoms. The molecule has 1 N–H and O–H groups in total. The van der Waals surface area contributed by atoms with Crippen LogP contribution in [0.2, 0.25) is 0 Å². The van der Waals surface area contributed by atoms with Crippen molar-refractivity contribution in [3.63, 3.8) is 0 Å². The van der Waals surface area contributed by atoms with E-state index >= 15 is 0 Å². The summed E-state index contributed by atoms with van der Waals surface area (Å²) in [7, 11) is 0. The molecule has 0 atom stereocenters. The van der Waals surface area contributed by atoms with E-state index in [1.807, 2.05) is 0 Å². The van der Waals surface area contributed by atoms with Gasteiger partial charge in [-0.1, -0.05) is 0 Å². The molecule has 0 aliphatic heterocycles. The van der Waals surface area contributed by atoms with Crippen molar-refractivity contribution in [2.75, 3.05) is 5.43 Å². The van der Waals surface area contributed by atoms with Crippen LogP contribution >= 0.6 is 0 Å². The number of aromatic nitrogens is 2. The van der Waals surface area contributed by atoms with Crippen LogP contribution in [-0.2, 0) is 0 Å². The van der Waals surface area contributed by atoms with Crippen molar-refractivity contribution in [2.24, 2.45) is 5.10 Å². The molecule has 2 rings (SSSR count). The van der Waals surface area contributed by atoms with Crippen LogP contribution in [0.25, 0.3) is 0 Å². The van der Waals surface area contributed by atoms with E-state index in [4.69, 9.17) is 0 Å². The van der Waals surface area contributed by atoms with E-state index in [-0.39, 0.29) is 5.69 Å². The standard InChI is InChI=1S/C11H9N5O2/c17-16(18)10-1-2-11(13-8-10)15-14-7-9-3-5-12-6-4-9/h1-8H,(H,13,15)/b14-7+. The van der Waals surface area contributed by atoms with Gasteiger partial charge in [0.25, 0.3) is 5.69 Å². The highest BCUT2D eigenvalue weighted by Gasteiger charge is 2.03. The summed E-state index contributed by atoms with van der Waals surface area (Å²) in [5.41, 5.74) is 3.51. The van der Waals surface area contributed by atoms with Crippen molar-refractivity contribution in [2.45, 2.75) is 0 Å². The van der Waals surface area contributed by atoms with Gasteiger partial charge in [0.05, 0.1) is 11.1 Å². The van der Waals surface area contributed by atoms with Crippen LogP contribution in [0.5, 0.6) is 0 Å². The third-order valence-corrected chi connectivity index (χ3v) is 2.06. The maximum atomic E-state index is 10.4. The van der Waals surface area contributed by atoms with E-state index in [2.05, 4.69) is 20.5 Å². The van der Waals surface area contributed by atoms with E-state index in [9.17, 15) is 10.1 Å². The topological polar surface area (TPSA) is 93.3 Å². The van der Waals surface area contributed by atoms with Crippen LogP contribution in [0.15, 0.2) is 48.0 Å². The second-order valence-corrected chi connectivity index (χ2v) is 3.31. The third-order valence-electron chi connectivity index (χ3n) is 2.06. The molecule has 90 valence electrons. The lowest BCUT2D eigenvalue weighted by Gasteiger charge is -1.97. The maximum absolute atomic E-state index is 10.4. The molecule has 0 saturated carbocycles. The van der Waals surface area contributed by atoms with E-state index in [0.717, 1.165) is 5.56 Å². The molecule has 0 amide bonds. The first-order valence-electron chi connectivity index (χ1n) is 5.05. The predicted octanol–water partition coefficient (Wildman–Crippen LogP) is 1.83. The smallest absolute Gasteiger partial charge is 0.265 e. The van der Waals surface area contributed by atoms with E-state index in [1.54, 1.807) is 30.7 Å². The molecule has 2 heterocycles. The predicted molar refractivity (Wildman–Crippen MR) is 66.3 cm³/mol. The van der Waals surface area contributed by atoms with Gasteiger partial charge in [0.2, 0.25) is 0 Å². The number of hydrazone groups is 1. The molecular formula is C11H9N5O2. The number of nitrogens with zero attached hydrogens (tertiary/aromatic N) is 4. The van der Waals surface area contributed by atoms with Crippen molar-refractivity contribution >= 4 is 17.7 Å². The molecule has 0 aliphatic rings. The van der Waals surface area contributed by atoms with Gasteiger partial charge in [0, 0.05) is 18.5 Å². The number of anilines is 1. The Bertz CT molecular complexity index is 553. The number of rotatable bonds is 4. The first kappa shape index (κ1) is 11.6. The van der Waals surface area contributed by atoms with Gasteiger partial charge in [0.15, 0.2) is 0 Å². The molecule has 2 aromatic heterocycles. The van der Waals surface area contributed by atoms with Gasteiger partial charge in [-0.15, -0.1) is 0 Å². The fourth-order valence-electron chi connectivity index (χ4n) is 1.18. The van der Waals surface area contributed by atoms with Crippen molar-refractivity contribution in [1.29, 1.82) is 0 Å². The van der Waals surface area contributed by atoms with Crippen LogP contribution in [0.4, 0.5) is 11.5 Å². The first-order valence-corrected chi connectivity index (χ1v) is 5.05. The zero-order valence-corrected chi connectivity index (χ0v) is 9.22. The largest absolute Gasteiger partial charge is 0.287 e. The van der Waals surface area contributed by atoms with E-state index in [1.165, 1.54) is 18.3 Å². The van der Waals surface area contributed by atoms with Crippen molar-refractivity contribution in [3.8, 4) is 0 Å². The van der Waals surface area contributed by atoms with Crippen LogP contribution in [0, 0.1) is 10.1 Å². The van der Waals surface area contributed by atoms with Gasteiger partial charge in [-0.25, -0.2) is 4.98 Å². The number of hydrogen-bond acceptors (Lipinski definition) is 6. The summed E-state index contributed by atoms with van der Waals surface area (Å²) in [5.74, 6) is 0.436. The highest BCUT2D eigenvalue weighted by Crippen LogP contribution is 2.11. The normalized spacial score (nSPS) is 10.4. The Kier molecular flexibility index (Phi) is 3.55. The Morgan fingerprint density at radius 2 is 2.06 bits per heavy atom. The number of pyridine rings is 2. The maximum Gasteiger partial charge on any atom is 0.287 e. The molecule has 0 radical (unpaired) electrons. The molecule has 0 saturated heterocycles. The summed E-state index contributed by atoms with van der Waals surface area (Å²) in [5, 5.41) is 14.4. The fraction of sp³-hybridized carbons (Fsp3) is 0. The Morgan fingerprint density at radius 1 is 1.28 bits per heavy atom. The van der Waals surface area contributed by atoms with Crippen LogP contribution in [-0.4, -0.2) is 21.1 Å². The summed E-state index contributed by atoms with van der Waals surface area (Å²) in [6.45, 7) is 0. The SMILES string of the molecule is O=[N+]([O-])c1ccc(N/N=C/c2ccncc2)nc1. The zero-order chi connectivity index (χ0) is 12.8. The number of nitro groups is 1. The molecule has 0 bridgehead atoms. The summed E-state index contributed by atoms with van der Waals surface area (Å²) in [6, 6.07) is 6.45. The molecule has 0 aromatic carbocycles. The van der Waals surface area contributed by atoms with Crippen LogP contribution < -0.4 is 5.43 Å². The molecule has 2 aromatic rings. The monoisotopic (exact) mass is 243 g/mol. The Labute approximate surface area is 102 Å². The number of hydrogen-bond donors (Lipinski definition) is 1. The molecule has 7 heteroatoms. The lowest BCUT2D eigenvalue weighted by molar-refractivity contribution is -0.385. The fourth-order valence-corrected chi connectivity index (χ4v) is 1.18. The van der Waals surface area contributed by atoms with Crippen molar-refractivity contribution in [3.05, 3.63) is 58.5 Å². The second-order valence-electron chi connectivity index (χ2n) is 3.31. The molecule has 0 aliphatic carbocycles. The number of nitrogens with one attached hydrogen (secondary N) is 1.